The van der Waals surface area contributed by atoms with E-state index < -0.39 is 10.8 Å². The largest absolute Gasteiger partial charge is 0.313 e. The molecule has 0 aromatic rings. The van der Waals surface area contributed by atoms with E-state index in [0.29, 0.717) is 12.0 Å². The molecule has 0 heterocycles. The molecular weight excluding hydrogens is 206 g/mol. The maximum atomic E-state index is 11.8. The summed E-state index contributed by atoms with van der Waals surface area (Å²) in [6, 6.07) is 0.449. The van der Waals surface area contributed by atoms with E-state index in [4.69, 9.17) is 0 Å². The van der Waals surface area contributed by atoms with Gasteiger partial charge in [0, 0.05) is 28.3 Å². The van der Waals surface area contributed by atoms with E-state index in [9.17, 15) is 4.21 Å². The molecule has 0 rings (SSSR count). The van der Waals surface area contributed by atoms with Gasteiger partial charge in [0.1, 0.15) is 0 Å². The van der Waals surface area contributed by atoms with Crippen molar-refractivity contribution in [3.8, 4) is 0 Å². The molecule has 3 heteroatoms. The highest BCUT2D eigenvalue weighted by atomic mass is 32.2. The number of nitrogens with one attached hydrogen (secondary N) is 1. The van der Waals surface area contributed by atoms with Crippen LogP contribution < -0.4 is 5.32 Å². The maximum absolute atomic E-state index is 11.8. The van der Waals surface area contributed by atoms with Gasteiger partial charge in [-0.05, 0) is 18.9 Å². The third-order valence-electron chi connectivity index (χ3n) is 2.68. The van der Waals surface area contributed by atoms with Gasteiger partial charge in [-0.15, -0.1) is 0 Å². The van der Waals surface area contributed by atoms with Gasteiger partial charge < -0.3 is 5.32 Å². The number of hydrogen-bond acceptors (Lipinski definition) is 2. The normalized spacial score (nSPS) is 17.3. The first-order valence-electron chi connectivity index (χ1n) is 6.22. The quantitative estimate of drug-likeness (QED) is 0.663. The van der Waals surface area contributed by atoms with Gasteiger partial charge in [-0.1, -0.05) is 40.5 Å². The lowest BCUT2D eigenvalue weighted by Gasteiger charge is -2.17. The molecule has 0 spiro atoms. The van der Waals surface area contributed by atoms with Gasteiger partial charge in [-0.25, -0.2) is 0 Å². The lowest BCUT2D eigenvalue weighted by molar-refractivity contribution is 0.523. The molecule has 0 amide bonds. The molecule has 0 aliphatic heterocycles. The second-order valence-electron chi connectivity index (χ2n) is 4.33. The average Bonchev–Trinajstić information content (AvgIpc) is 2.18. The molecule has 0 aliphatic rings. The summed E-state index contributed by atoms with van der Waals surface area (Å²) in [6.45, 7) is 9.61. The lowest BCUT2D eigenvalue weighted by Crippen LogP contribution is -2.34. The van der Waals surface area contributed by atoms with Gasteiger partial charge in [0.05, 0.1) is 0 Å². The topological polar surface area (TPSA) is 29.1 Å². The van der Waals surface area contributed by atoms with Gasteiger partial charge in [0.25, 0.3) is 0 Å². The van der Waals surface area contributed by atoms with Crippen LogP contribution in [0.3, 0.4) is 0 Å². The second-order valence-corrected chi connectivity index (χ2v) is 5.88. The summed E-state index contributed by atoms with van der Waals surface area (Å²) in [5.41, 5.74) is 0. The fourth-order valence-corrected chi connectivity index (χ4v) is 3.35. The molecule has 0 radical (unpaired) electrons. The Balaban J connectivity index is 3.87. The van der Waals surface area contributed by atoms with Crippen LogP contribution in [0.2, 0.25) is 0 Å². The first-order chi connectivity index (χ1) is 7.13. The van der Waals surface area contributed by atoms with Gasteiger partial charge in [0.15, 0.2) is 0 Å². The molecule has 0 aromatic carbocycles. The van der Waals surface area contributed by atoms with Crippen LogP contribution in [-0.4, -0.2) is 28.3 Å². The fraction of sp³-hybridized carbons (Fsp3) is 1.00. The molecule has 3 unspecified atom stereocenters. The fourth-order valence-electron chi connectivity index (χ4n) is 1.61. The molecule has 1 N–H and O–H groups in total. The third kappa shape index (κ3) is 7.97. The zero-order valence-electron chi connectivity index (χ0n) is 10.7. The maximum Gasteiger partial charge on any atom is 0.0388 e. The summed E-state index contributed by atoms with van der Waals surface area (Å²) in [7, 11) is -0.646. The Hall–Kier alpha value is 0.110. The van der Waals surface area contributed by atoms with Crippen molar-refractivity contribution >= 4 is 10.8 Å². The zero-order valence-corrected chi connectivity index (χ0v) is 11.5. The molecule has 0 saturated heterocycles. The summed E-state index contributed by atoms with van der Waals surface area (Å²) >= 11 is 0. The molecule has 0 aliphatic carbocycles. The monoisotopic (exact) mass is 233 g/mol. The lowest BCUT2D eigenvalue weighted by atomic mass is 10.2. The van der Waals surface area contributed by atoms with E-state index in [1.165, 1.54) is 0 Å². The minimum absolute atomic E-state index is 0.449. The highest BCUT2D eigenvalue weighted by Crippen LogP contribution is 2.06. The minimum Gasteiger partial charge on any atom is -0.313 e. The third-order valence-corrected chi connectivity index (χ3v) is 4.40. The zero-order chi connectivity index (χ0) is 11.7. The predicted molar refractivity (Wildman–Crippen MR) is 69.7 cm³/mol. The van der Waals surface area contributed by atoms with Crippen molar-refractivity contribution in [2.45, 2.75) is 53.0 Å². The summed E-state index contributed by atoms with van der Waals surface area (Å²) in [4.78, 5) is 0. The Bertz CT molecular complexity index is 167. The van der Waals surface area contributed by atoms with Gasteiger partial charge >= 0.3 is 0 Å². The van der Waals surface area contributed by atoms with E-state index in [1.54, 1.807) is 0 Å². The Morgan fingerprint density at radius 2 is 1.87 bits per heavy atom. The first kappa shape index (κ1) is 15.1. The van der Waals surface area contributed by atoms with Crippen molar-refractivity contribution in [2.75, 3.05) is 18.1 Å². The highest BCUT2D eigenvalue weighted by molar-refractivity contribution is 7.85. The van der Waals surface area contributed by atoms with Crippen LogP contribution in [0.1, 0.15) is 47.0 Å². The second kappa shape index (κ2) is 9.34. The molecule has 2 nitrogen and oxygen atoms in total. The molecule has 3 atom stereocenters. The minimum atomic E-state index is -0.646. The van der Waals surface area contributed by atoms with Gasteiger partial charge in [-0.3, -0.25) is 4.21 Å². The summed E-state index contributed by atoms with van der Waals surface area (Å²) < 4.78 is 11.8. The standard InChI is InChI=1S/C12H27NOS/c1-5-8-12(13-7-3)10-15(14)9-11(4)6-2/h11-13H,5-10H2,1-4H3. The van der Waals surface area contributed by atoms with Crippen LogP contribution in [0.5, 0.6) is 0 Å². The summed E-state index contributed by atoms with van der Waals surface area (Å²) in [5.74, 6) is 2.28. The number of hydrogen-bond donors (Lipinski definition) is 1. The smallest absolute Gasteiger partial charge is 0.0388 e. The van der Waals surface area contributed by atoms with Gasteiger partial charge in [0.2, 0.25) is 0 Å². The molecule has 0 saturated carbocycles. The molecule has 15 heavy (non-hydrogen) atoms. The Kier molecular flexibility index (Phi) is 9.41. The summed E-state index contributed by atoms with van der Waals surface area (Å²) in [6.07, 6.45) is 3.43. The van der Waals surface area contributed by atoms with E-state index in [2.05, 4.69) is 33.0 Å². The highest BCUT2D eigenvalue weighted by Gasteiger charge is 2.12. The van der Waals surface area contributed by atoms with Crippen molar-refractivity contribution in [2.24, 2.45) is 5.92 Å². The molecule has 0 bridgehead atoms. The van der Waals surface area contributed by atoms with Crippen LogP contribution in [0.15, 0.2) is 0 Å². The van der Waals surface area contributed by atoms with E-state index in [-0.39, 0.29) is 0 Å². The van der Waals surface area contributed by atoms with E-state index >= 15 is 0 Å². The van der Waals surface area contributed by atoms with Crippen LogP contribution in [-0.2, 0) is 10.8 Å². The predicted octanol–water partition coefficient (Wildman–Crippen LogP) is 2.56. The van der Waals surface area contributed by atoms with Crippen molar-refractivity contribution in [3.05, 3.63) is 0 Å². The Morgan fingerprint density at radius 3 is 2.33 bits per heavy atom. The molecule has 0 aromatic heterocycles. The van der Waals surface area contributed by atoms with Crippen LogP contribution >= 0.6 is 0 Å². The first-order valence-corrected chi connectivity index (χ1v) is 7.71. The Morgan fingerprint density at radius 1 is 1.20 bits per heavy atom. The molecular formula is C12H27NOS. The van der Waals surface area contributed by atoms with Crippen molar-refractivity contribution in [1.82, 2.24) is 5.32 Å². The molecule has 0 fully saturated rings. The van der Waals surface area contributed by atoms with Crippen molar-refractivity contribution in [3.63, 3.8) is 0 Å². The van der Waals surface area contributed by atoms with E-state index in [0.717, 1.165) is 37.3 Å². The SMILES string of the molecule is CCCC(CS(=O)CC(C)CC)NCC. The van der Waals surface area contributed by atoms with Gasteiger partial charge in [-0.2, -0.15) is 0 Å². The Labute approximate surface area is 97.7 Å². The number of rotatable bonds is 9. The van der Waals surface area contributed by atoms with Crippen molar-refractivity contribution in [1.29, 1.82) is 0 Å². The van der Waals surface area contributed by atoms with Crippen LogP contribution in [0.4, 0.5) is 0 Å². The average molecular weight is 233 g/mol. The molecule has 92 valence electrons. The van der Waals surface area contributed by atoms with Crippen LogP contribution in [0, 0.1) is 5.92 Å². The summed E-state index contributed by atoms with van der Waals surface area (Å²) in [5, 5.41) is 3.41. The van der Waals surface area contributed by atoms with E-state index in [1.807, 2.05) is 0 Å². The van der Waals surface area contributed by atoms with Crippen LogP contribution in [0.25, 0.3) is 0 Å². The van der Waals surface area contributed by atoms with Crippen molar-refractivity contribution < 1.29 is 4.21 Å².